The maximum atomic E-state index is 11.9. The largest absolute Gasteiger partial charge is 0.496 e. The lowest BCUT2D eigenvalue weighted by Gasteiger charge is -2.20. The second-order valence-corrected chi connectivity index (χ2v) is 5.07. The summed E-state index contributed by atoms with van der Waals surface area (Å²) in [6.07, 6.45) is 0.720. The van der Waals surface area contributed by atoms with Crippen molar-refractivity contribution in [2.45, 2.75) is 32.8 Å². The molecule has 0 unspecified atom stereocenters. The second kappa shape index (κ2) is 5.87. The van der Waals surface area contributed by atoms with Crippen LogP contribution in [0.3, 0.4) is 0 Å². The van der Waals surface area contributed by atoms with Crippen molar-refractivity contribution in [2.75, 3.05) is 13.7 Å². The molecule has 0 saturated carbocycles. The van der Waals surface area contributed by atoms with Gasteiger partial charge in [-0.05, 0) is 51.4 Å². The van der Waals surface area contributed by atoms with Gasteiger partial charge < -0.3 is 15.2 Å². The normalized spacial score (nSPS) is 11.2. The van der Waals surface area contributed by atoms with Gasteiger partial charge in [0, 0.05) is 0 Å². The van der Waals surface area contributed by atoms with Crippen LogP contribution in [0.5, 0.6) is 5.75 Å². The van der Waals surface area contributed by atoms with Gasteiger partial charge in [-0.15, -0.1) is 0 Å². The van der Waals surface area contributed by atoms with Crippen LogP contribution in [0, 0.1) is 0 Å². The molecule has 0 amide bonds. The van der Waals surface area contributed by atoms with Gasteiger partial charge in [0.25, 0.3) is 0 Å². The Kier molecular flexibility index (Phi) is 4.73. The highest BCUT2D eigenvalue weighted by atomic mass is 16.6. The summed E-state index contributed by atoms with van der Waals surface area (Å²) in [6, 6.07) is 5.28. The minimum atomic E-state index is -0.500. The Labute approximate surface area is 108 Å². The zero-order valence-electron chi connectivity index (χ0n) is 11.4. The van der Waals surface area contributed by atoms with Gasteiger partial charge in [-0.25, -0.2) is 4.79 Å². The molecular formula is C14H21NO3. The van der Waals surface area contributed by atoms with Crippen molar-refractivity contribution in [3.05, 3.63) is 29.3 Å². The molecular weight excluding hydrogens is 230 g/mol. The third-order valence-corrected chi connectivity index (χ3v) is 2.34. The smallest absolute Gasteiger partial charge is 0.338 e. The first-order valence-corrected chi connectivity index (χ1v) is 5.97. The van der Waals surface area contributed by atoms with Gasteiger partial charge in [0.1, 0.15) is 11.4 Å². The van der Waals surface area contributed by atoms with Gasteiger partial charge in [-0.1, -0.05) is 6.07 Å². The fraction of sp³-hybridized carbons (Fsp3) is 0.500. The number of rotatable bonds is 4. The summed E-state index contributed by atoms with van der Waals surface area (Å²) in [5.41, 5.74) is 6.50. The van der Waals surface area contributed by atoms with E-state index in [0.29, 0.717) is 17.9 Å². The van der Waals surface area contributed by atoms with E-state index in [0.717, 1.165) is 12.0 Å². The van der Waals surface area contributed by atoms with Crippen molar-refractivity contribution in [2.24, 2.45) is 5.73 Å². The lowest BCUT2D eigenvalue weighted by atomic mass is 10.1. The number of nitrogens with two attached hydrogens (primary N) is 1. The molecule has 1 rings (SSSR count). The fourth-order valence-corrected chi connectivity index (χ4v) is 1.57. The topological polar surface area (TPSA) is 61.5 Å². The number of carbonyl (C=O) groups is 1. The van der Waals surface area contributed by atoms with Gasteiger partial charge in [-0.3, -0.25) is 0 Å². The maximum Gasteiger partial charge on any atom is 0.338 e. The summed E-state index contributed by atoms with van der Waals surface area (Å²) >= 11 is 0. The number of carbonyl (C=O) groups excluding carboxylic acids is 1. The van der Waals surface area contributed by atoms with Crippen molar-refractivity contribution < 1.29 is 14.3 Å². The quantitative estimate of drug-likeness (QED) is 0.833. The predicted octanol–water partition coefficient (Wildman–Crippen LogP) is 2.15. The summed E-state index contributed by atoms with van der Waals surface area (Å²) in [5.74, 6) is 0.323. The van der Waals surface area contributed by atoms with Crippen LogP contribution < -0.4 is 10.5 Å². The van der Waals surface area contributed by atoms with Crippen LogP contribution in [-0.2, 0) is 11.2 Å². The number of benzene rings is 1. The highest BCUT2D eigenvalue weighted by molar-refractivity contribution is 5.90. The van der Waals surface area contributed by atoms with Crippen molar-refractivity contribution in [1.29, 1.82) is 0 Å². The number of methoxy groups -OCH3 is 1. The molecule has 4 nitrogen and oxygen atoms in total. The predicted molar refractivity (Wildman–Crippen MR) is 70.9 cm³/mol. The maximum absolute atomic E-state index is 11.9. The zero-order valence-corrected chi connectivity index (χ0v) is 11.4. The third-order valence-electron chi connectivity index (χ3n) is 2.34. The average molecular weight is 251 g/mol. The van der Waals surface area contributed by atoms with Crippen LogP contribution in [0.4, 0.5) is 0 Å². The highest BCUT2D eigenvalue weighted by Gasteiger charge is 2.18. The van der Waals surface area contributed by atoms with Crippen molar-refractivity contribution >= 4 is 5.97 Å². The highest BCUT2D eigenvalue weighted by Crippen LogP contribution is 2.22. The molecule has 1 aromatic carbocycles. The molecule has 0 bridgehead atoms. The molecule has 0 radical (unpaired) electrons. The van der Waals surface area contributed by atoms with E-state index >= 15 is 0 Å². The number of ether oxygens (including phenoxy) is 2. The molecule has 18 heavy (non-hydrogen) atoms. The third kappa shape index (κ3) is 4.04. The molecule has 0 aliphatic rings. The fourth-order valence-electron chi connectivity index (χ4n) is 1.57. The molecule has 0 fully saturated rings. The molecule has 1 aromatic rings. The van der Waals surface area contributed by atoms with Gasteiger partial charge in [0.05, 0.1) is 12.7 Å². The van der Waals surface area contributed by atoms with Crippen LogP contribution in [-0.4, -0.2) is 25.2 Å². The molecule has 100 valence electrons. The zero-order chi connectivity index (χ0) is 13.8. The van der Waals surface area contributed by atoms with E-state index in [9.17, 15) is 4.79 Å². The molecule has 0 aromatic heterocycles. The van der Waals surface area contributed by atoms with Crippen molar-refractivity contribution in [3.8, 4) is 5.75 Å². The first kappa shape index (κ1) is 14.5. The van der Waals surface area contributed by atoms with E-state index < -0.39 is 5.60 Å². The average Bonchev–Trinajstić information content (AvgIpc) is 2.27. The second-order valence-electron chi connectivity index (χ2n) is 5.07. The lowest BCUT2D eigenvalue weighted by molar-refractivity contribution is 0.00692. The van der Waals surface area contributed by atoms with Crippen molar-refractivity contribution in [1.82, 2.24) is 0 Å². The lowest BCUT2D eigenvalue weighted by Crippen LogP contribution is -2.23. The van der Waals surface area contributed by atoms with E-state index in [4.69, 9.17) is 15.2 Å². The van der Waals surface area contributed by atoms with E-state index in [1.165, 1.54) is 0 Å². The van der Waals surface area contributed by atoms with Gasteiger partial charge >= 0.3 is 5.97 Å². The molecule has 0 saturated heterocycles. The van der Waals surface area contributed by atoms with E-state index in [-0.39, 0.29) is 5.97 Å². The number of hydrogen-bond donors (Lipinski definition) is 1. The molecule has 4 heteroatoms. The molecule has 0 heterocycles. The monoisotopic (exact) mass is 251 g/mol. The minimum Gasteiger partial charge on any atom is -0.496 e. The van der Waals surface area contributed by atoms with Crippen LogP contribution in [0.15, 0.2) is 18.2 Å². The Hall–Kier alpha value is -1.55. The Morgan fingerprint density at radius 1 is 1.33 bits per heavy atom. The summed E-state index contributed by atoms with van der Waals surface area (Å²) in [6.45, 7) is 6.06. The minimum absolute atomic E-state index is 0.347. The summed E-state index contributed by atoms with van der Waals surface area (Å²) in [4.78, 5) is 11.9. The van der Waals surface area contributed by atoms with Crippen LogP contribution in [0.2, 0.25) is 0 Å². The van der Waals surface area contributed by atoms with Crippen LogP contribution in [0.1, 0.15) is 36.7 Å². The Balaban J connectivity index is 2.94. The molecule has 0 aliphatic carbocycles. The molecule has 0 atom stereocenters. The van der Waals surface area contributed by atoms with Gasteiger partial charge in [-0.2, -0.15) is 0 Å². The first-order valence-electron chi connectivity index (χ1n) is 5.97. The van der Waals surface area contributed by atoms with Gasteiger partial charge in [0.2, 0.25) is 0 Å². The van der Waals surface area contributed by atoms with Crippen LogP contribution >= 0.6 is 0 Å². The summed E-state index contributed by atoms with van der Waals surface area (Å²) < 4.78 is 10.6. The molecule has 0 aliphatic heterocycles. The molecule has 0 spiro atoms. The standard InChI is InChI=1S/C14H21NO3/c1-14(2,3)18-13(16)11-6-5-10(7-8-15)12(9-11)17-4/h5-6,9H,7-8,15H2,1-4H3. The number of hydrogen-bond acceptors (Lipinski definition) is 4. The number of esters is 1. The Morgan fingerprint density at radius 3 is 2.50 bits per heavy atom. The first-order chi connectivity index (χ1) is 8.37. The van der Waals surface area contributed by atoms with Crippen molar-refractivity contribution in [3.63, 3.8) is 0 Å². The van der Waals surface area contributed by atoms with E-state index in [1.54, 1.807) is 19.2 Å². The van der Waals surface area contributed by atoms with Crippen LogP contribution in [0.25, 0.3) is 0 Å². The Bertz CT molecular complexity index is 422. The summed E-state index contributed by atoms with van der Waals surface area (Å²) in [5, 5.41) is 0. The van der Waals surface area contributed by atoms with E-state index in [2.05, 4.69) is 0 Å². The van der Waals surface area contributed by atoms with Gasteiger partial charge in [0.15, 0.2) is 0 Å². The molecule has 2 N–H and O–H groups in total. The van der Waals surface area contributed by atoms with E-state index in [1.807, 2.05) is 26.8 Å². The SMILES string of the molecule is COc1cc(C(=O)OC(C)(C)C)ccc1CCN. The summed E-state index contributed by atoms with van der Waals surface area (Å²) in [7, 11) is 1.58. The Morgan fingerprint density at radius 2 is 2.00 bits per heavy atom.